The molecule has 1 aromatic heterocycles. The number of aromatic nitrogens is 2. The SMILES string of the molecule is CN=C(NCc1cc(F)ccc1CS(C)(=O)=O)NCc1ccccc1-n1cccn1.I. The zero-order valence-corrected chi connectivity index (χ0v) is 20.4. The van der Waals surface area contributed by atoms with Crippen LogP contribution in [0, 0.1) is 5.82 Å². The van der Waals surface area contributed by atoms with E-state index in [1.165, 1.54) is 18.2 Å². The van der Waals surface area contributed by atoms with Gasteiger partial charge in [-0.25, -0.2) is 17.5 Å². The van der Waals surface area contributed by atoms with Crippen LogP contribution in [0.15, 0.2) is 65.9 Å². The van der Waals surface area contributed by atoms with E-state index >= 15 is 0 Å². The molecule has 0 aliphatic heterocycles. The lowest BCUT2D eigenvalue weighted by Crippen LogP contribution is -2.36. The van der Waals surface area contributed by atoms with E-state index in [0.717, 1.165) is 17.5 Å². The average molecular weight is 557 g/mol. The third-order valence-electron chi connectivity index (χ3n) is 4.45. The van der Waals surface area contributed by atoms with Gasteiger partial charge in [0.15, 0.2) is 15.8 Å². The minimum absolute atomic E-state index is 0. The van der Waals surface area contributed by atoms with E-state index in [9.17, 15) is 12.8 Å². The Kier molecular flexibility index (Phi) is 8.99. The summed E-state index contributed by atoms with van der Waals surface area (Å²) in [5.74, 6) is -0.0481. The fourth-order valence-corrected chi connectivity index (χ4v) is 3.90. The van der Waals surface area contributed by atoms with Crippen LogP contribution in [0.1, 0.15) is 16.7 Å². The highest BCUT2D eigenvalue weighted by atomic mass is 127. The maximum Gasteiger partial charge on any atom is 0.191 e. The molecule has 0 saturated heterocycles. The highest BCUT2D eigenvalue weighted by Gasteiger charge is 2.11. The molecule has 0 unspecified atom stereocenters. The van der Waals surface area contributed by atoms with Crippen molar-refractivity contribution in [3.63, 3.8) is 0 Å². The molecule has 0 bridgehead atoms. The quantitative estimate of drug-likeness (QED) is 0.265. The van der Waals surface area contributed by atoms with Crippen molar-refractivity contribution < 1.29 is 12.8 Å². The Morgan fingerprint density at radius 1 is 1.06 bits per heavy atom. The number of guanidine groups is 1. The number of nitrogens with one attached hydrogen (secondary N) is 2. The Morgan fingerprint density at radius 2 is 1.77 bits per heavy atom. The van der Waals surface area contributed by atoms with Crippen LogP contribution in [0.3, 0.4) is 0 Å². The lowest BCUT2D eigenvalue weighted by molar-refractivity contribution is 0.599. The number of nitrogens with zero attached hydrogens (tertiary/aromatic N) is 3. The summed E-state index contributed by atoms with van der Waals surface area (Å²) >= 11 is 0. The molecule has 166 valence electrons. The highest BCUT2D eigenvalue weighted by molar-refractivity contribution is 14.0. The van der Waals surface area contributed by atoms with Gasteiger partial charge in [-0.1, -0.05) is 24.3 Å². The molecule has 3 rings (SSSR count). The third-order valence-corrected chi connectivity index (χ3v) is 5.28. The van der Waals surface area contributed by atoms with Crippen molar-refractivity contribution in [2.75, 3.05) is 13.3 Å². The monoisotopic (exact) mass is 557 g/mol. The average Bonchev–Trinajstić information content (AvgIpc) is 3.24. The van der Waals surface area contributed by atoms with Crippen LogP contribution < -0.4 is 10.6 Å². The molecule has 2 N–H and O–H groups in total. The smallest absolute Gasteiger partial charge is 0.191 e. The van der Waals surface area contributed by atoms with Crippen molar-refractivity contribution in [3.8, 4) is 5.69 Å². The van der Waals surface area contributed by atoms with E-state index in [1.807, 2.05) is 36.5 Å². The second-order valence-electron chi connectivity index (χ2n) is 6.84. The summed E-state index contributed by atoms with van der Waals surface area (Å²) in [7, 11) is -1.60. The number of hydrogen-bond acceptors (Lipinski definition) is 4. The van der Waals surface area contributed by atoms with Crippen LogP contribution >= 0.6 is 24.0 Å². The van der Waals surface area contributed by atoms with Crippen LogP contribution in [-0.4, -0.2) is 37.5 Å². The number of hydrogen-bond donors (Lipinski definition) is 2. The van der Waals surface area contributed by atoms with Crippen LogP contribution in [0.25, 0.3) is 5.69 Å². The molecule has 0 amide bonds. The minimum atomic E-state index is -3.23. The second-order valence-corrected chi connectivity index (χ2v) is 8.98. The first-order chi connectivity index (χ1) is 14.4. The first-order valence-corrected chi connectivity index (χ1v) is 11.4. The Balaban J connectivity index is 0.00000341. The van der Waals surface area contributed by atoms with E-state index < -0.39 is 15.7 Å². The van der Waals surface area contributed by atoms with Crippen molar-refractivity contribution in [2.45, 2.75) is 18.8 Å². The zero-order valence-electron chi connectivity index (χ0n) is 17.2. The molecule has 10 heteroatoms. The Labute approximate surface area is 198 Å². The normalized spacial score (nSPS) is 11.6. The van der Waals surface area contributed by atoms with Crippen molar-refractivity contribution in [1.29, 1.82) is 0 Å². The van der Waals surface area contributed by atoms with Gasteiger partial charge in [-0.15, -0.1) is 24.0 Å². The molecule has 7 nitrogen and oxygen atoms in total. The van der Waals surface area contributed by atoms with Gasteiger partial charge in [0, 0.05) is 38.8 Å². The van der Waals surface area contributed by atoms with E-state index in [1.54, 1.807) is 17.9 Å². The lowest BCUT2D eigenvalue weighted by Gasteiger charge is -2.16. The molecule has 31 heavy (non-hydrogen) atoms. The molecule has 0 saturated carbocycles. The van der Waals surface area contributed by atoms with Crippen LogP contribution in [-0.2, 0) is 28.7 Å². The first-order valence-electron chi connectivity index (χ1n) is 9.33. The summed E-state index contributed by atoms with van der Waals surface area (Å²) in [5, 5.41) is 10.6. The number of aliphatic imine (C=N–C) groups is 1. The maximum atomic E-state index is 13.7. The van der Waals surface area contributed by atoms with Crippen molar-refractivity contribution in [2.24, 2.45) is 4.99 Å². The molecular weight excluding hydrogens is 532 g/mol. The highest BCUT2D eigenvalue weighted by Crippen LogP contribution is 2.15. The van der Waals surface area contributed by atoms with E-state index in [0.29, 0.717) is 23.6 Å². The molecule has 0 aliphatic rings. The number of sulfone groups is 1. The van der Waals surface area contributed by atoms with E-state index in [4.69, 9.17) is 0 Å². The molecule has 0 fully saturated rings. The minimum Gasteiger partial charge on any atom is -0.352 e. The van der Waals surface area contributed by atoms with Gasteiger partial charge in [0.25, 0.3) is 0 Å². The molecule has 3 aromatic rings. The lowest BCUT2D eigenvalue weighted by atomic mass is 10.1. The van der Waals surface area contributed by atoms with E-state index in [2.05, 4.69) is 20.7 Å². The number of benzene rings is 2. The molecular formula is C21H25FIN5O2S. The maximum absolute atomic E-state index is 13.7. The van der Waals surface area contributed by atoms with Crippen molar-refractivity contribution >= 4 is 39.8 Å². The van der Waals surface area contributed by atoms with Gasteiger partial charge in [-0.3, -0.25) is 4.99 Å². The Morgan fingerprint density at radius 3 is 2.42 bits per heavy atom. The molecule has 0 aliphatic carbocycles. The Bertz CT molecular complexity index is 1130. The van der Waals surface area contributed by atoms with Crippen LogP contribution in [0.5, 0.6) is 0 Å². The molecule has 0 radical (unpaired) electrons. The van der Waals surface area contributed by atoms with Gasteiger partial charge >= 0.3 is 0 Å². The number of halogens is 2. The molecule has 0 spiro atoms. The summed E-state index contributed by atoms with van der Waals surface area (Å²) in [4.78, 5) is 4.20. The van der Waals surface area contributed by atoms with Gasteiger partial charge in [-0.2, -0.15) is 5.10 Å². The van der Waals surface area contributed by atoms with Gasteiger partial charge in [0.05, 0.1) is 11.4 Å². The van der Waals surface area contributed by atoms with Crippen LogP contribution in [0.4, 0.5) is 4.39 Å². The van der Waals surface area contributed by atoms with Gasteiger partial charge in [0.2, 0.25) is 0 Å². The third kappa shape index (κ3) is 7.31. The predicted molar refractivity (Wildman–Crippen MR) is 131 cm³/mol. The number of para-hydroxylation sites is 1. The van der Waals surface area contributed by atoms with Crippen molar-refractivity contribution in [1.82, 2.24) is 20.4 Å². The largest absolute Gasteiger partial charge is 0.352 e. The molecule has 0 atom stereocenters. The molecule has 1 heterocycles. The standard InChI is InChI=1S/C21H24FN5O2S.HI/c1-23-21(24-13-16-6-3-4-7-20(16)27-11-5-10-26-27)25-14-18-12-19(22)9-8-17(18)15-30(2,28)29;/h3-12H,13-15H2,1-2H3,(H2,23,24,25);1H. The van der Waals surface area contributed by atoms with Gasteiger partial charge in [0.1, 0.15) is 5.82 Å². The fraction of sp³-hybridized carbons (Fsp3) is 0.238. The summed E-state index contributed by atoms with van der Waals surface area (Å²) in [6.45, 7) is 0.734. The van der Waals surface area contributed by atoms with E-state index in [-0.39, 0.29) is 36.3 Å². The summed E-state index contributed by atoms with van der Waals surface area (Å²) < 4.78 is 38.8. The fourth-order valence-electron chi connectivity index (χ4n) is 3.06. The zero-order chi connectivity index (χ0) is 21.6. The summed E-state index contributed by atoms with van der Waals surface area (Å²) in [6, 6.07) is 13.8. The predicted octanol–water partition coefficient (Wildman–Crippen LogP) is 3.04. The topological polar surface area (TPSA) is 88.4 Å². The molecule has 2 aromatic carbocycles. The van der Waals surface area contributed by atoms with Gasteiger partial charge < -0.3 is 10.6 Å². The van der Waals surface area contributed by atoms with Crippen molar-refractivity contribution in [3.05, 3.63) is 83.4 Å². The van der Waals surface area contributed by atoms with Gasteiger partial charge in [-0.05, 0) is 41.0 Å². The first kappa shape index (κ1) is 24.8. The van der Waals surface area contributed by atoms with Crippen LogP contribution in [0.2, 0.25) is 0 Å². The second kappa shape index (κ2) is 11.2. The summed E-state index contributed by atoms with van der Waals surface area (Å²) in [6.07, 6.45) is 4.75. The number of rotatable bonds is 7. The summed E-state index contributed by atoms with van der Waals surface area (Å²) in [5.41, 5.74) is 3.10. The Hall–Kier alpha value is -2.47.